The summed E-state index contributed by atoms with van der Waals surface area (Å²) in [5.41, 5.74) is 3.90. The number of rotatable bonds is 1. The molecule has 1 aromatic carbocycles. The second kappa shape index (κ2) is 4.06. The number of aromatic amines is 1. The lowest BCUT2D eigenvalue weighted by molar-refractivity contribution is 1.40. The average Bonchev–Trinajstić information content (AvgIpc) is 2.74. The molecule has 1 N–H and O–H groups in total. The monoisotopic (exact) mass is 262 g/mol. The smallest absolute Gasteiger partial charge is 0.0879 e. The molecule has 0 unspecified atom stereocenters. The van der Waals surface area contributed by atoms with Gasteiger partial charge in [-0.05, 0) is 35.9 Å². The molecule has 0 aliphatic carbocycles. The van der Waals surface area contributed by atoms with Crippen LogP contribution in [0.2, 0.25) is 10.0 Å². The number of aromatic nitrogens is 2. The number of nitrogens with zero attached hydrogens (tertiary/aromatic N) is 1. The third kappa shape index (κ3) is 2.02. The fourth-order valence-corrected chi connectivity index (χ4v) is 2.34. The topological polar surface area (TPSA) is 28.7 Å². The molecule has 0 aliphatic rings. The van der Waals surface area contributed by atoms with Crippen LogP contribution in [0.3, 0.4) is 0 Å². The minimum atomic E-state index is 0.624. The maximum Gasteiger partial charge on any atom is 0.0879 e. The van der Waals surface area contributed by atoms with Crippen molar-refractivity contribution >= 4 is 34.2 Å². The van der Waals surface area contributed by atoms with Crippen LogP contribution in [0, 0.1) is 0 Å². The van der Waals surface area contributed by atoms with Crippen LogP contribution in [0.4, 0.5) is 0 Å². The largest absolute Gasteiger partial charge is 0.360 e. The first-order chi connectivity index (χ1) is 8.22. The van der Waals surface area contributed by atoms with E-state index in [1.807, 2.05) is 36.7 Å². The molecule has 0 saturated heterocycles. The van der Waals surface area contributed by atoms with Crippen LogP contribution in [0.25, 0.3) is 22.2 Å². The highest BCUT2D eigenvalue weighted by molar-refractivity contribution is 6.35. The van der Waals surface area contributed by atoms with E-state index in [2.05, 4.69) is 9.97 Å². The van der Waals surface area contributed by atoms with Crippen molar-refractivity contribution in [1.29, 1.82) is 0 Å². The summed E-state index contributed by atoms with van der Waals surface area (Å²) in [6.45, 7) is 0. The zero-order valence-corrected chi connectivity index (χ0v) is 10.3. The molecule has 0 saturated carbocycles. The Labute approximate surface area is 108 Å². The maximum atomic E-state index is 5.98. The molecular weight excluding hydrogens is 255 g/mol. The van der Waals surface area contributed by atoms with Crippen LogP contribution in [-0.4, -0.2) is 9.97 Å². The summed E-state index contributed by atoms with van der Waals surface area (Å²) in [6, 6.07) is 9.43. The Kier molecular flexibility index (Phi) is 2.54. The lowest BCUT2D eigenvalue weighted by atomic mass is 10.1. The van der Waals surface area contributed by atoms with Gasteiger partial charge < -0.3 is 4.98 Å². The Bertz CT molecular complexity index is 668. The van der Waals surface area contributed by atoms with Crippen molar-refractivity contribution in [2.75, 3.05) is 0 Å². The molecule has 0 spiro atoms. The lowest BCUT2D eigenvalue weighted by Crippen LogP contribution is -1.82. The molecule has 0 atom stereocenters. The number of pyridine rings is 1. The molecule has 2 nitrogen and oxygen atoms in total. The van der Waals surface area contributed by atoms with Crippen molar-refractivity contribution in [2.45, 2.75) is 0 Å². The van der Waals surface area contributed by atoms with Gasteiger partial charge in [0.2, 0.25) is 0 Å². The third-order valence-electron chi connectivity index (χ3n) is 2.59. The highest BCUT2D eigenvalue weighted by atomic mass is 35.5. The molecule has 17 heavy (non-hydrogen) atoms. The van der Waals surface area contributed by atoms with E-state index < -0.39 is 0 Å². The molecule has 0 radical (unpaired) electrons. The molecule has 4 heteroatoms. The molecule has 0 bridgehead atoms. The summed E-state index contributed by atoms with van der Waals surface area (Å²) in [7, 11) is 0. The number of nitrogens with one attached hydrogen (secondary N) is 1. The van der Waals surface area contributed by atoms with Crippen LogP contribution >= 0.6 is 23.2 Å². The van der Waals surface area contributed by atoms with Crippen molar-refractivity contribution in [2.24, 2.45) is 0 Å². The van der Waals surface area contributed by atoms with E-state index in [-0.39, 0.29) is 0 Å². The Hall–Kier alpha value is -1.51. The second-order valence-electron chi connectivity index (χ2n) is 3.79. The lowest BCUT2D eigenvalue weighted by Gasteiger charge is -2.03. The summed E-state index contributed by atoms with van der Waals surface area (Å²) in [5, 5.41) is 1.25. The quantitative estimate of drug-likeness (QED) is 0.686. The molecule has 0 aliphatic heterocycles. The van der Waals surface area contributed by atoms with Gasteiger partial charge in [0.15, 0.2) is 0 Å². The van der Waals surface area contributed by atoms with Crippen molar-refractivity contribution in [3.63, 3.8) is 0 Å². The standard InChI is InChI=1S/C13H8Cl2N2/c14-10-3-8(4-11(15)6-10)9-5-13-12(17-7-9)1-2-16-13/h1-7,16H. The van der Waals surface area contributed by atoms with Gasteiger partial charge in [0.05, 0.1) is 11.0 Å². The van der Waals surface area contributed by atoms with E-state index in [1.165, 1.54) is 0 Å². The Morgan fingerprint density at radius 2 is 1.71 bits per heavy atom. The molecule has 2 aromatic heterocycles. The fourth-order valence-electron chi connectivity index (χ4n) is 1.81. The number of hydrogen-bond acceptors (Lipinski definition) is 1. The van der Waals surface area contributed by atoms with Crippen molar-refractivity contribution in [1.82, 2.24) is 9.97 Å². The molecule has 0 amide bonds. The zero-order valence-electron chi connectivity index (χ0n) is 8.74. The van der Waals surface area contributed by atoms with Crippen LogP contribution in [0.5, 0.6) is 0 Å². The van der Waals surface area contributed by atoms with E-state index in [9.17, 15) is 0 Å². The van der Waals surface area contributed by atoms with Crippen molar-refractivity contribution in [3.05, 3.63) is 52.8 Å². The summed E-state index contributed by atoms with van der Waals surface area (Å²) < 4.78 is 0. The summed E-state index contributed by atoms with van der Waals surface area (Å²) >= 11 is 12.0. The number of fused-ring (bicyclic) bond motifs is 1. The van der Waals surface area contributed by atoms with E-state index >= 15 is 0 Å². The molecule has 3 rings (SSSR count). The number of benzene rings is 1. The molecule has 2 heterocycles. The van der Waals surface area contributed by atoms with Gasteiger partial charge in [-0.3, -0.25) is 4.98 Å². The third-order valence-corrected chi connectivity index (χ3v) is 3.03. The van der Waals surface area contributed by atoms with Gasteiger partial charge in [-0.25, -0.2) is 0 Å². The van der Waals surface area contributed by atoms with Gasteiger partial charge in [-0.15, -0.1) is 0 Å². The highest BCUT2D eigenvalue weighted by Crippen LogP contribution is 2.28. The minimum absolute atomic E-state index is 0.624. The minimum Gasteiger partial charge on any atom is -0.360 e. The van der Waals surface area contributed by atoms with Crippen molar-refractivity contribution in [3.8, 4) is 11.1 Å². The molecular formula is C13H8Cl2N2. The van der Waals surface area contributed by atoms with Crippen molar-refractivity contribution < 1.29 is 0 Å². The number of halogens is 2. The summed E-state index contributed by atoms with van der Waals surface area (Å²) in [6.07, 6.45) is 3.69. The molecule has 3 aromatic rings. The molecule has 0 fully saturated rings. The van der Waals surface area contributed by atoms with Gasteiger partial charge in [-0.1, -0.05) is 23.2 Å². The van der Waals surface area contributed by atoms with Gasteiger partial charge in [0, 0.05) is 28.0 Å². The predicted molar refractivity (Wildman–Crippen MR) is 71.5 cm³/mol. The summed E-state index contributed by atoms with van der Waals surface area (Å²) in [4.78, 5) is 7.49. The van der Waals surface area contributed by atoms with Gasteiger partial charge in [0.1, 0.15) is 0 Å². The van der Waals surface area contributed by atoms with Gasteiger partial charge in [0.25, 0.3) is 0 Å². The zero-order chi connectivity index (χ0) is 11.8. The van der Waals surface area contributed by atoms with Crippen LogP contribution in [0.15, 0.2) is 42.7 Å². The maximum absolute atomic E-state index is 5.98. The van der Waals surface area contributed by atoms with E-state index in [4.69, 9.17) is 23.2 Å². The first kappa shape index (κ1) is 10.6. The van der Waals surface area contributed by atoms with Gasteiger partial charge >= 0.3 is 0 Å². The second-order valence-corrected chi connectivity index (χ2v) is 4.67. The molecule has 84 valence electrons. The summed E-state index contributed by atoms with van der Waals surface area (Å²) in [5.74, 6) is 0. The van der Waals surface area contributed by atoms with Gasteiger partial charge in [-0.2, -0.15) is 0 Å². The first-order valence-corrected chi connectivity index (χ1v) is 5.87. The van der Waals surface area contributed by atoms with E-state index in [0.717, 1.165) is 22.2 Å². The first-order valence-electron chi connectivity index (χ1n) is 5.12. The van der Waals surface area contributed by atoms with Crippen LogP contribution in [-0.2, 0) is 0 Å². The predicted octanol–water partition coefficient (Wildman–Crippen LogP) is 4.54. The van der Waals surface area contributed by atoms with E-state index in [0.29, 0.717) is 10.0 Å². The van der Waals surface area contributed by atoms with Crippen LogP contribution in [0.1, 0.15) is 0 Å². The average molecular weight is 263 g/mol. The Morgan fingerprint density at radius 3 is 2.47 bits per heavy atom. The Balaban J connectivity index is 2.19. The Morgan fingerprint density at radius 1 is 0.941 bits per heavy atom. The normalized spacial score (nSPS) is 10.9. The van der Waals surface area contributed by atoms with Crippen LogP contribution < -0.4 is 0 Å². The van der Waals surface area contributed by atoms with E-state index in [1.54, 1.807) is 6.07 Å². The SMILES string of the molecule is Clc1cc(Cl)cc(-c2cnc3cc[nH]c3c2)c1. The fraction of sp³-hybridized carbons (Fsp3) is 0. The highest BCUT2D eigenvalue weighted by Gasteiger charge is 2.04. The number of hydrogen-bond donors (Lipinski definition) is 1. The number of H-pyrrole nitrogens is 1.